The molecular weight excluding hydrogens is 296 g/mol. The smallest absolute Gasteiger partial charge is 0.221 e. The lowest BCUT2D eigenvalue weighted by atomic mass is 9.97. The third-order valence-corrected chi connectivity index (χ3v) is 5.13. The number of unbranched alkanes of at least 4 members (excludes halogenated alkanes) is 8. The maximum absolute atomic E-state index is 11.8. The summed E-state index contributed by atoms with van der Waals surface area (Å²) in [6, 6.07) is 0.542. The Morgan fingerprint density at radius 2 is 1.38 bits per heavy atom. The highest BCUT2D eigenvalue weighted by Gasteiger charge is 2.12. The van der Waals surface area contributed by atoms with Crippen molar-refractivity contribution in [3.05, 3.63) is 0 Å². The Balaban J connectivity index is 3.41. The molecule has 3 nitrogen and oxygen atoms in total. The SMILES string of the molecule is CCCCCCCCCCCNC(=O)CCNC(CC)C(C)CC. The summed E-state index contributed by atoms with van der Waals surface area (Å²) in [6.07, 6.45) is 14.9. The minimum atomic E-state index is 0.195. The number of nitrogens with one attached hydrogen (secondary N) is 2. The van der Waals surface area contributed by atoms with Crippen molar-refractivity contribution in [2.24, 2.45) is 5.92 Å². The van der Waals surface area contributed by atoms with Gasteiger partial charge in [0, 0.05) is 25.6 Å². The van der Waals surface area contributed by atoms with Gasteiger partial charge in [-0.2, -0.15) is 0 Å². The molecule has 0 rings (SSSR count). The molecule has 2 atom stereocenters. The largest absolute Gasteiger partial charge is 0.356 e. The Bertz CT molecular complexity index is 281. The molecule has 0 aromatic rings. The molecule has 2 N–H and O–H groups in total. The molecule has 0 aromatic carbocycles. The molecule has 0 aliphatic carbocycles. The molecule has 0 heterocycles. The predicted octanol–water partition coefficient (Wildman–Crippen LogP) is 5.44. The standard InChI is InChI=1S/C21H44N2O/c1-5-8-9-10-11-12-13-14-15-17-23-21(24)16-18-22-20(7-3)19(4)6-2/h19-20,22H,5-18H2,1-4H3,(H,23,24). The van der Waals surface area contributed by atoms with Crippen molar-refractivity contribution < 1.29 is 4.79 Å². The maximum Gasteiger partial charge on any atom is 0.221 e. The molecule has 144 valence electrons. The average Bonchev–Trinajstić information content (AvgIpc) is 2.59. The van der Waals surface area contributed by atoms with E-state index in [4.69, 9.17) is 0 Å². The summed E-state index contributed by atoms with van der Waals surface area (Å²) in [4.78, 5) is 11.8. The summed E-state index contributed by atoms with van der Waals surface area (Å²) >= 11 is 0. The van der Waals surface area contributed by atoms with Crippen LogP contribution in [0.1, 0.15) is 105 Å². The van der Waals surface area contributed by atoms with Gasteiger partial charge in [-0.3, -0.25) is 4.79 Å². The summed E-state index contributed by atoms with van der Waals surface area (Å²) in [5.74, 6) is 0.876. The Kier molecular flexibility index (Phi) is 16.8. The van der Waals surface area contributed by atoms with Gasteiger partial charge in [0.2, 0.25) is 5.91 Å². The van der Waals surface area contributed by atoms with Gasteiger partial charge >= 0.3 is 0 Å². The van der Waals surface area contributed by atoms with Crippen molar-refractivity contribution in [2.75, 3.05) is 13.1 Å². The van der Waals surface area contributed by atoms with E-state index in [1.807, 2.05) is 0 Å². The molecule has 0 aromatic heterocycles. The molecule has 0 aliphatic heterocycles. The topological polar surface area (TPSA) is 41.1 Å². The third-order valence-electron chi connectivity index (χ3n) is 5.13. The normalized spacial score (nSPS) is 13.7. The quantitative estimate of drug-likeness (QED) is 0.346. The van der Waals surface area contributed by atoms with E-state index in [2.05, 4.69) is 38.3 Å². The van der Waals surface area contributed by atoms with E-state index in [1.165, 1.54) is 57.8 Å². The second kappa shape index (κ2) is 17.3. The van der Waals surface area contributed by atoms with E-state index in [0.717, 1.165) is 25.9 Å². The number of hydrogen-bond acceptors (Lipinski definition) is 2. The highest BCUT2D eigenvalue weighted by Crippen LogP contribution is 2.10. The van der Waals surface area contributed by atoms with E-state index in [1.54, 1.807) is 0 Å². The van der Waals surface area contributed by atoms with Gasteiger partial charge in [0.1, 0.15) is 0 Å². The molecule has 0 bridgehead atoms. The Morgan fingerprint density at radius 1 is 0.792 bits per heavy atom. The molecule has 1 amide bonds. The first kappa shape index (κ1) is 23.4. The van der Waals surface area contributed by atoms with Crippen LogP contribution < -0.4 is 10.6 Å². The van der Waals surface area contributed by atoms with E-state index >= 15 is 0 Å². The van der Waals surface area contributed by atoms with Crippen LogP contribution in [0.4, 0.5) is 0 Å². The van der Waals surface area contributed by atoms with Gasteiger partial charge in [0.25, 0.3) is 0 Å². The third kappa shape index (κ3) is 13.8. The molecule has 0 radical (unpaired) electrons. The molecule has 0 aliphatic rings. The number of rotatable bonds is 17. The van der Waals surface area contributed by atoms with Crippen molar-refractivity contribution in [3.63, 3.8) is 0 Å². The van der Waals surface area contributed by atoms with Crippen molar-refractivity contribution in [1.29, 1.82) is 0 Å². The molecule has 0 spiro atoms. The second-order valence-electron chi connectivity index (χ2n) is 7.28. The average molecular weight is 341 g/mol. The number of carbonyl (C=O) groups is 1. The van der Waals surface area contributed by atoms with Gasteiger partial charge < -0.3 is 10.6 Å². The van der Waals surface area contributed by atoms with Gasteiger partial charge in [-0.25, -0.2) is 0 Å². The van der Waals surface area contributed by atoms with Gasteiger partial charge in [0.15, 0.2) is 0 Å². The lowest BCUT2D eigenvalue weighted by Gasteiger charge is -2.22. The first-order valence-electron chi connectivity index (χ1n) is 10.7. The molecular formula is C21H44N2O. The molecule has 3 heteroatoms. The zero-order chi connectivity index (χ0) is 18.0. The number of hydrogen-bond donors (Lipinski definition) is 2. The minimum absolute atomic E-state index is 0.195. The Hall–Kier alpha value is -0.570. The first-order chi connectivity index (χ1) is 11.7. The summed E-state index contributed by atoms with van der Waals surface area (Å²) in [5.41, 5.74) is 0. The van der Waals surface area contributed by atoms with E-state index in [9.17, 15) is 4.79 Å². The summed E-state index contributed by atoms with van der Waals surface area (Å²) < 4.78 is 0. The fourth-order valence-electron chi connectivity index (χ4n) is 3.16. The fraction of sp³-hybridized carbons (Fsp3) is 0.952. The van der Waals surface area contributed by atoms with Gasteiger partial charge in [-0.05, 0) is 18.8 Å². The van der Waals surface area contributed by atoms with Crippen LogP contribution in [0.3, 0.4) is 0 Å². The van der Waals surface area contributed by atoms with Crippen LogP contribution in [0.25, 0.3) is 0 Å². The van der Waals surface area contributed by atoms with Crippen LogP contribution in [0.5, 0.6) is 0 Å². The van der Waals surface area contributed by atoms with Crippen LogP contribution in [0.15, 0.2) is 0 Å². The monoisotopic (exact) mass is 340 g/mol. The molecule has 0 fully saturated rings. The first-order valence-corrected chi connectivity index (χ1v) is 10.7. The van der Waals surface area contributed by atoms with Crippen LogP contribution >= 0.6 is 0 Å². The summed E-state index contributed by atoms with van der Waals surface area (Å²) in [5, 5.41) is 6.59. The second-order valence-corrected chi connectivity index (χ2v) is 7.28. The lowest BCUT2D eigenvalue weighted by molar-refractivity contribution is -0.121. The van der Waals surface area contributed by atoms with Crippen LogP contribution in [0, 0.1) is 5.92 Å². The van der Waals surface area contributed by atoms with Crippen LogP contribution in [-0.2, 0) is 4.79 Å². The van der Waals surface area contributed by atoms with E-state index < -0.39 is 0 Å². The molecule has 24 heavy (non-hydrogen) atoms. The van der Waals surface area contributed by atoms with Gasteiger partial charge in [-0.15, -0.1) is 0 Å². The molecule has 0 saturated heterocycles. The van der Waals surface area contributed by atoms with Gasteiger partial charge in [-0.1, -0.05) is 85.5 Å². The predicted molar refractivity (Wildman–Crippen MR) is 106 cm³/mol. The summed E-state index contributed by atoms with van der Waals surface area (Å²) in [6.45, 7) is 10.6. The van der Waals surface area contributed by atoms with Crippen LogP contribution in [-0.4, -0.2) is 25.0 Å². The Labute approximate surface area is 151 Å². The van der Waals surface area contributed by atoms with E-state index in [-0.39, 0.29) is 5.91 Å². The van der Waals surface area contributed by atoms with Crippen molar-refractivity contribution in [1.82, 2.24) is 10.6 Å². The van der Waals surface area contributed by atoms with Gasteiger partial charge in [0.05, 0.1) is 0 Å². The molecule has 0 saturated carbocycles. The summed E-state index contributed by atoms with van der Waals surface area (Å²) in [7, 11) is 0. The molecule has 2 unspecified atom stereocenters. The Morgan fingerprint density at radius 3 is 1.92 bits per heavy atom. The van der Waals surface area contributed by atoms with Crippen LogP contribution in [0.2, 0.25) is 0 Å². The van der Waals surface area contributed by atoms with E-state index in [0.29, 0.717) is 18.4 Å². The highest BCUT2D eigenvalue weighted by molar-refractivity contribution is 5.75. The zero-order valence-corrected chi connectivity index (χ0v) is 17.0. The maximum atomic E-state index is 11.8. The highest BCUT2D eigenvalue weighted by atomic mass is 16.1. The van der Waals surface area contributed by atoms with Crippen molar-refractivity contribution in [2.45, 2.75) is 111 Å². The fourth-order valence-corrected chi connectivity index (χ4v) is 3.16. The minimum Gasteiger partial charge on any atom is -0.356 e. The van der Waals surface area contributed by atoms with Crippen molar-refractivity contribution >= 4 is 5.91 Å². The van der Waals surface area contributed by atoms with Crippen molar-refractivity contribution in [3.8, 4) is 0 Å². The lowest BCUT2D eigenvalue weighted by Crippen LogP contribution is -2.37. The number of carbonyl (C=O) groups excluding carboxylic acids is 1. The zero-order valence-electron chi connectivity index (χ0n) is 17.0. The number of amides is 1.